The van der Waals surface area contributed by atoms with Gasteiger partial charge in [0.25, 0.3) is 0 Å². The SMILES string of the molecule is NC1=NC2(CCCCC2)N(c2c(Br)cc(Br)cc2OC(F)F)C(N)=N1. The molecule has 3 rings (SSSR count). The van der Waals surface area contributed by atoms with Crippen LogP contribution in [-0.2, 0) is 0 Å². The van der Waals surface area contributed by atoms with Crippen LogP contribution >= 0.6 is 31.9 Å². The molecular weight excluding hydrogens is 464 g/mol. The van der Waals surface area contributed by atoms with Crippen LogP contribution in [0.5, 0.6) is 5.75 Å². The van der Waals surface area contributed by atoms with Crippen molar-refractivity contribution in [1.82, 2.24) is 0 Å². The lowest BCUT2D eigenvalue weighted by Gasteiger charge is -2.46. The van der Waals surface area contributed by atoms with E-state index >= 15 is 0 Å². The maximum atomic E-state index is 12.9. The number of alkyl halides is 2. The molecule has 1 aromatic rings. The second kappa shape index (κ2) is 7.06. The number of nitrogens with zero attached hydrogens (tertiary/aromatic N) is 3. The summed E-state index contributed by atoms with van der Waals surface area (Å²) in [5.74, 6) is 0.187. The zero-order valence-electron chi connectivity index (χ0n) is 13.2. The van der Waals surface area contributed by atoms with Crippen LogP contribution < -0.4 is 21.1 Å². The van der Waals surface area contributed by atoms with E-state index < -0.39 is 12.3 Å². The zero-order chi connectivity index (χ0) is 18.2. The van der Waals surface area contributed by atoms with E-state index in [-0.39, 0.29) is 17.7 Å². The van der Waals surface area contributed by atoms with Crippen LogP contribution in [0.3, 0.4) is 0 Å². The average Bonchev–Trinajstić information content (AvgIpc) is 2.49. The Hall–Kier alpha value is -1.42. The summed E-state index contributed by atoms with van der Waals surface area (Å²) in [4.78, 5) is 10.3. The normalized spacial score (nSPS) is 19.8. The molecule has 2 aliphatic rings. The summed E-state index contributed by atoms with van der Waals surface area (Å²) in [5.41, 5.74) is 11.6. The summed E-state index contributed by atoms with van der Waals surface area (Å²) >= 11 is 6.72. The molecule has 1 spiro atoms. The van der Waals surface area contributed by atoms with E-state index in [1.807, 2.05) is 0 Å². The topological polar surface area (TPSA) is 89.2 Å². The van der Waals surface area contributed by atoms with E-state index in [2.05, 4.69) is 41.8 Å². The van der Waals surface area contributed by atoms with Gasteiger partial charge in [-0.25, -0.2) is 4.99 Å². The highest BCUT2D eigenvalue weighted by Crippen LogP contribution is 2.47. The fourth-order valence-corrected chi connectivity index (χ4v) is 4.75. The highest BCUT2D eigenvalue weighted by Gasteiger charge is 2.44. The minimum Gasteiger partial charge on any atom is -0.433 e. The fraction of sp³-hybridized carbons (Fsp3) is 0.467. The van der Waals surface area contributed by atoms with Crippen LogP contribution in [0.1, 0.15) is 32.1 Å². The van der Waals surface area contributed by atoms with Gasteiger partial charge < -0.3 is 16.2 Å². The molecular formula is C15H17Br2F2N5O. The number of ether oxygens (including phenoxy) is 1. The van der Waals surface area contributed by atoms with Crippen molar-refractivity contribution < 1.29 is 13.5 Å². The van der Waals surface area contributed by atoms with Gasteiger partial charge in [-0.1, -0.05) is 22.4 Å². The summed E-state index contributed by atoms with van der Waals surface area (Å²) in [5, 5.41) is 0. The number of hydrogen-bond donors (Lipinski definition) is 2. The number of hydrogen-bond acceptors (Lipinski definition) is 6. The fourth-order valence-electron chi connectivity index (χ4n) is 3.39. The van der Waals surface area contributed by atoms with Gasteiger partial charge in [-0.2, -0.15) is 13.8 Å². The molecule has 1 fully saturated rings. The molecule has 10 heteroatoms. The zero-order valence-corrected chi connectivity index (χ0v) is 16.4. The summed E-state index contributed by atoms with van der Waals surface area (Å²) in [7, 11) is 0. The second-order valence-corrected chi connectivity index (χ2v) is 7.70. The quantitative estimate of drug-likeness (QED) is 0.686. The van der Waals surface area contributed by atoms with Crippen LogP contribution in [0.25, 0.3) is 0 Å². The van der Waals surface area contributed by atoms with Gasteiger partial charge in [-0.05, 0) is 53.7 Å². The largest absolute Gasteiger partial charge is 0.433 e. The molecule has 0 radical (unpaired) electrons. The van der Waals surface area contributed by atoms with E-state index in [1.165, 1.54) is 6.07 Å². The number of anilines is 1. The van der Waals surface area contributed by atoms with Gasteiger partial charge in [-0.15, -0.1) is 0 Å². The Kier molecular flexibility index (Phi) is 5.19. The Morgan fingerprint density at radius 1 is 1.16 bits per heavy atom. The minimum atomic E-state index is -2.97. The molecule has 0 atom stereocenters. The van der Waals surface area contributed by atoms with Gasteiger partial charge in [0.1, 0.15) is 11.4 Å². The monoisotopic (exact) mass is 479 g/mol. The molecule has 6 nitrogen and oxygen atoms in total. The first-order valence-electron chi connectivity index (χ1n) is 7.76. The molecule has 1 aliphatic carbocycles. The van der Waals surface area contributed by atoms with Gasteiger partial charge in [0.05, 0.1) is 0 Å². The van der Waals surface area contributed by atoms with Crippen molar-refractivity contribution >= 4 is 49.5 Å². The van der Waals surface area contributed by atoms with Crippen LogP contribution in [0.4, 0.5) is 14.5 Å². The van der Waals surface area contributed by atoms with Crippen molar-refractivity contribution in [3.05, 3.63) is 21.1 Å². The summed E-state index contributed by atoms with van der Waals surface area (Å²) in [6, 6.07) is 3.21. The predicted octanol–water partition coefficient (Wildman–Crippen LogP) is 3.92. The van der Waals surface area contributed by atoms with Gasteiger partial charge >= 0.3 is 6.61 Å². The molecule has 0 aromatic heterocycles. The Morgan fingerprint density at radius 2 is 1.84 bits per heavy atom. The second-order valence-electron chi connectivity index (χ2n) is 5.93. The smallest absolute Gasteiger partial charge is 0.387 e. The maximum absolute atomic E-state index is 12.9. The number of aliphatic imine (C=N–C) groups is 2. The predicted molar refractivity (Wildman–Crippen MR) is 100 cm³/mol. The number of rotatable bonds is 3. The Morgan fingerprint density at radius 3 is 2.48 bits per heavy atom. The van der Waals surface area contributed by atoms with E-state index in [0.717, 1.165) is 19.3 Å². The minimum absolute atomic E-state index is 0.0185. The molecule has 1 saturated carbocycles. The van der Waals surface area contributed by atoms with Gasteiger partial charge in [0.2, 0.25) is 11.9 Å². The molecule has 136 valence electrons. The first-order chi connectivity index (χ1) is 11.8. The number of benzene rings is 1. The number of nitrogens with two attached hydrogens (primary N) is 2. The lowest BCUT2D eigenvalue weighted by molar-refractivity contribution is -0.0496. The molecule has 0 saturated heterocycles. The number of halogens is 4. The van der Waals surface area contributed by atoms with Crippen LogP contribution in [0.2, 0.25) is 0 Å². The standard InChI is InChI=1S/C15H17Br2F2N5O/c16-8-6-9(17)11(10(7-8)25-12(18)19)24-14(21)22-13(20)23-15(24)4-2-1-3-5-15/h6-7,12H,1-5H2,(H4,20,21,22,23). The van der Waals surface area contributed by atoms with Crippen molar-refractivity contribution in [2.45, 2.75) is 44.4 Å². The third-order valence-corrected chi connectivity index (χ3v) is 5.35. The summed E-state index contributed by atoms with van der Waals surface area (Å²) in [6.07, 6.45) is 4.32. The molecule has 1 heterocycles. The van der Waals surface area contributed by atoms with E-state index in [1.54, 1.807) is 11.0 Å². The van der Waals surface area contributed by atoms with E-state index in [4.69, 9.17) is 16.2 Å². The average molecular weight is 481 g/mol. The first kappa shape index (κ1) is 18.4. The highest BCUT2D eigenvalue weighted by molar-refractivity contribution is 9.11. The van der Waals surface area contributed by atoms with Crippen molar-refractivity contribution in [3.8, 4) is 5.75 Å². The molecule has 0 unspecified atom stereocenters. The Labute approximate surface area is 160 Å². The third kappa shape index (κ3) is 3.59. The van der Waals surface area contributed by atoms with Crippen molar-refractivity contribution in [1.29, 1.82) is 0 Å². The molecule has 0 bridgehead atoms. The van der Waals surface area contributed by atoms with E-state index in [9.17, 15) is 8.78 Å². The Bertz CT molecular complexity index is 735. The van der Waals surface area contributed by atoms with Crippen LogP contribution in [0, 0.1) is 0 Å². The van der Waals surface area contributed by atoms with Gasteiger partial charge in [-0.3, -0.25) is 4.90 Å². The van der Waals surface area contributed by atoms with Gasteiger partial charge in [0.15, 0.2) is 5.75 Å². The molecule has 4 N–H and O–H groups in total. The molecule has 0 amide bonds. The molecule has 25 heavy (non-hydrogen) atoms. The molecule has 1 aromatic carbocycles. The first-order valence-corrected chi connectivity index (χ1v) is 9.34. The molecule has 1 aliphatic heterocycles. The summed E-state index contributed by atoms with van der Waals surface area (Å²) in [6.45, 7) is -2.97. The van der Waals surface area contributed by atoms with Crippen molar-refractivity contribution in [3.63, 3.8) is 0 Å². The maximum Gasteiger partial charge on any atom is 0.387 e. The van der Waals surface area contributed by atoms with Crippen molar-refractivity contribution in [2.24, 2.45) is 21.5 Å². The third-order valence-electron chi connectivity index (χ3n) is 4.28. The van der Waals surface area contributed by atoms with Crippen LogP contribution in [-0.4, -0.2) is 24.2 Å². The van der Waals surface area contributed by atoms with E-state index in [0.29, 0.717) is 27.5 Å². The van der Waals surface area contributed by atoms with Crippen molar-refractivity contribution in [2.75, 3.05) is 4.90 Å². The highest BCUT2D eigenvalue weighted by atomic mass is 79.9. The van der Waals surface area contributed by atoms with Crippen LogP contribution in [0.15, 0.2) is 31.1 Å². The van der Waals surface area contributed by atoms with Gasteiger partial charge in [0, 0.05) is 8.95 Å². The lowest BCUT2D eigenvalue weighted by atomic mass is 9.87. The number of guanidine groups is 2. The Balaban J connectivity index is 2.17. The summed E-state index contributed by atoms with van der Waals surface area (Å²) < 4.78 is 31.8. The lowest BCUT2D eigenvalue weighted by Crippen LogP contribution is -2.58.